The monoisotopic (exact) mass is 175 g/mol. The molecule has 0 saturated carbocycles. The third-order valence-corrected chi connectivity index (χ3v) is 2.04. The van der Waals surface area contributed by atoms with Gasteiger partial charge in [-0.05, 0) is 25.0 Å². The number of rotatable bonds is 2. The Morgan fingerprint density at radius 3 is 3.15 bits per heavy atom. The maximum Gasteiger partial charge on any atom is 0.139 e. The van der Waals surface area contributed by atoms with Crippen LogP contribution in [0, 0.1) is 0 Å². The molecule has 2 aromatic rings. The van der Waals surface area contributed by atoms with E-state index in [9.17, 15) is 0 Å². The van der Waals surface area contributed by atoms with Crippen molar-refractivity contribution in [2.75, 3.05) is 0 Å². The van der Waals surface area contributed by atoms with Gasteiger partial charge in [-0.3, -0.25) is 0 Å². The molecule has 2 rings (SSSR count). The predicted molar refractivity (Wildman–Crippen MR) is 52.5 cm³/mol. The van der Waals surface area contributed by atoms with Crippen LogP contribution in [0.3, 0.4) is 0 Å². The average Bonchev–Trinajstić information content (AvgIpc) is 2.51. The fourth-order valence-corrected chi connectivity index (χ4v) is 1.51. The van der Waals surface area contributed by atoms with E-state index < -0.39 is 0 Å². The molecule has 0 aromatic carbocycles. The maximum absolute atomic E-state index is 5.75. The van der Waals surface area contributed by atoms with E-state index in [0.29, 0.717) is 0 Å². The first-order valence-corrected chi connectivity index (χ1v) is 4.43. The zero-order valence-corrected chi connectivity index (χ0v) is 7.64. The van der Waals surface area contributed by atoms with Crippen LogP contribution in [-0.4, -0.2) is 15.4 Å². The molecule has 0 radical (unpaired) electrons. The molecule has 0 aliphatic rings. The molecule has 2 N–H and O–H groups in total. The predicted octanol–water partition coefficient (Wildman–Crippen LogP) is 1.22. The Hall–Kier alpha value is -1.35. The molecular weight excluding hydrogens is 162 g/mol. The van der Waals surface area contributed by atoms with Crippen molar-refractivity contribution in [3.8, 4) is 0 Å². The van der Waals surface area contributed by atoms with Gasteiger partial charge < -0.3 is 10.1 Å². The van der Waals surface area contributed by atoms with Gasteiger partial charge in [-0.25, -0.2) is 4.98 Å². The number of imidazole rings is 1. The van der Waals surface area contributed by atoms with E-state index in [4.69, 9.17) is 5.73 Å². The minimum absolute atomic E-state index is 0.183. The summed E-state index contributed by atoms with van der Waals surface area (Å²) >= 11 is 0. The van der Waals surface area contributed by atoms with Gasteiger partial charge in [0.1, 0.15) is 5.65 Å². The van der Waals surface area contributed by atoms with Crippen LogP contribution in [0.2, 0.25) is 0 Å². The van der Waals surface area contributed by atoms with E-state index >= 15 is 0 Å². The van der Waals surface area contributed by atoms with Gasteiger partial charge in [0.05, 0.1) is 0 Å². The van der Waals surface area contributed by atoms with E-state index in [2.05, 4.69) is 11.1 Å². The van der Waals surface area contributed by atoms with Crippen LogP contribution in [-0.2, 0) is 6.42 Å². The largest absolute Gasteiger partial charge is 0.328 e. The molecule has 0 aliphatic carbocycles. The second kappa shape index (κ2) is 3.18. The summed E-state index contributed by atoms with van der Waals surface area (Å²) < 4.78 is 2.01. The van der Waals surface area contributed by atoms with Crippen LogP contribution in [0.25, 0.3) is 5.65 Å². The molecule has 0 unspecified atom stereocenters. The van der Waals surface area contributed by atoms with Crippen molar-refractivity contribution in [3.63, 3.8) is 0 Å². The lowest BCUT2D eigenvalue weighted by atomic mass is 10.1. The van der Waals surface area contributed by atoms with Crippen molar-refractivity contribution in [1.29, 1.82) is 0 Å². The van der Waals surface area contributed by atoms with Crippen molar-refractivity contribution < 1.29 is 0 Å². The number of nitrogens with two attached hydrogens (primary N) is 1. The standard InChI is InChI=1S/C10H13N3/c1-8(11)7-9-3-2-5-13-6-4-12-10(9)13/h2-6,8H,7,11H2,1H3/t8-/m1/s1. The lowest BCUT2D eigenvalue weighted by Gasteiger charge is -2.05. The minimum Gasteiger partial charge on any atom is -0.328 e. The number of pyridine rings is 1. The average molecular weight is 175 g/mol. The van der Waals surface area contributed by atoms with Gasteiger partial charge in [-0.2, -0.15) is 0 Å². The third kappa shape index (κ3) is 1.55. The van der Waals surface area contributed by atoms with Crippen LogP contribution < -0.4 is 5.73 Å². The molecule has 0 aliphatic heterocycles. The number of hydrogen-bond donors (Lipinski definition) is 1. The zero-order chi connectivity index (χ0) is 9.26. The number of nitrogens with zero attached hydrogens (tertiary/aromatic N) is 2. The maximum atomic E-state index is 5.75. The summed E-state index contributed by atoms with van der Waals surface area (Å²) in [6, 6.07) is 4.28. The van der Waals surface area contributed by atoms with Crippen molar-refractivity contribution in [2.45, 2.75) is 19.4 Å². The van der Waals surface area contributed by atoms with E-state index in [-0.39, 0.29) is 6.04 Å². The van der Waals surface area contributed by atoms with Crippen LogP contribution >= 0.6 is 0 Å². The molecule has 2 heterocycles. The summed E-state index contributed by atoms with van der Waals surface area (Å²) in [5.74, 6) is 0. The molecule has 3 heteroatoms. The van der Waals surface area contributed by atoms with Gasteiger partial charge in [0.15, 0.2) is 0 Å². The number of hydrogen-bond acceptors (Lipinski definition) is 2. The number of fused-ring (bicyclic) bond motifs is 1. The van der Waals surface area contributed by atoms with E-state index in [0.717, 1.165) is 12.1 Å². The minimum atomic E-state index is 0.183. The van der Waals surface area contributed by atoms with Crippen molar-refractivity contribution in [3.05, 3.63) is 36.3 Å². The highest BCUT2D eigenvalue weighted by molar-refractivity contribution is 5.47. The third-order valence-electron chi connectivity index (χ3n) is 2.04. The van der Waals surface area contributed by atoms with Gasteiger partial charge >= 0.3 is 0 Å². The smallest absolute Gasteiger partial charge is 0.139 e. The second-order valence-corrected chi connectivity index (χ2v) is 3.37. The first kappa shape index (κ1) is 8.26. The molecule has 0 spiro atoms. The van der Waals surface area contributed by atoms with Gasteiger partial charge in [0.25, 0.3) is 0 Å². The molecule has 1 atom stereocenters. The van der Waals surface area contributed by atoms with Gasteiger partial charge in [-0.15, -0.1) is 0 Å². The molecule has 3 nitrogen and oxygen atoms in total. The molecule has 0 amide bonds. The summed E-state index contributed by atoms with van der Waals surface area (Å²) in [4.78, 5) is 4.28. The van der Waals surface area contributed by atoms with Crippen LogP contribution in [0.15, 0.2) is 30.7 Å². The molecule has 13 heavy (non-hydrogen) atoms. The van der Waals surface area contributed by atoms with Crippen molar-refractivity contribution >= 4 is 5.65 Å². The zero-order valence-electron chi connectivity index (χ0n) is 7.64. The lowest BCUT2D eigenvalue weighted by Crippen LogP contribution is -2.18. The van der Waals surface area contributed by atoms with E-state index in [1.807, 2.05) is 29.8 Å². The quantitative estimate of drug-likeness (QED) is 0.745. The molecule has 68 valence electrons. The number of aromatic nitrogens is 2. The highest BCUT2D eigenvalue weighted by atomic mass is 15.0. The first-order chi connectivity index (χ1) is 6.27. The Kier molecular flexibility index (Phi) is 2.02. The normalized spacial score (nSPS) is 13.4. The highest BCUT2D eigenvalue weighted by Crippen LogP contribution is 2.09. The van der Waals surface area contributed by atoms with Crippen molar-refractivity contribution in [1.82, 2.24) is 9.38 Å². The molecule has 2 aromatic heterocycles. The summed E-state index contributed by atoms with van der Waals surface area (Å²) in [6.45, 7) is 2.01. The lowest BCUT2D eigenvalue weighted by molar-refractivity contribution is 0.738. The fraction of sp³-hybridized carbons (Fsp3) is 0.300. The van der Waals surface area contributed by atoms with Crippen LogP contribution in [0.1, 0.15) is 12.5 Å². The fourth-order valence-electron chi connectivity index (χ4n) is 1.51. The van der Waals surface area contributed by atoms with Gasteiger partial charge in [0, 0.05) is 24.6 Å². The Bertz CT molecular complexity index is 403. The first-order valence-electron chi connectivity index (χ1n) is 4.43. The van der Waals surface area contributed by atoms with E-state index in [1.165, 1.54) is 5.56 Å². The Labute approximate surface area is 77.2 Å². The van der Waals surface area contributed by atoms with Gasteiger partial charge in [0.2, 0.25) is 0 Å². The van der Waals surface area contributed by atoms with E-state index in [1.54, 1.807) is 6.20 Å². The molecule has 0 saturated heterocycles. The molecular formula is C10H13N3. The summed E-state index contributed by atoms with van der Waals surface area (Å²) in [7, 11) is 0. The second-order valence-electron chi connectivity index (χ2n) is 3.37. The molecule has 0 fully saturated rings. The Morgan fingerprint density at radius 2 is 2.38 bits per heavy atom. The van der Waals surface area contributed by atoms with Crippen LogP contribution in [0.5, 0.6) is 0 Å². The van der Waals surface area contributed by atoms with Crippen molar-refractivity contribution in [2.24, 2.45) is 5.73 Å². The van der Waals surface area contributed by atoms with Gasteiger partial charge in [-0.1, -0.05) is 6.07 Å². The SMILES string of the molecule is C[C@@H](N)Cc1cccn2ccnc12. The Balaban J connectivity index is 2.48. The summed E-state index contributed by atoms with van der Waals surface area (Å²) in [5.41, 5.74) is 7.97. The summed E-state index contributed by atoms with van der Waals surface area (Å²) in [6.07, 6.45) is 6.62. The summed E-state index contributed by atoms with van der Waals surface area (Å²) in [5, 5.41) is 0. The molecule has 0 bridgehead atoms. The van der Waals surface area contributed by atoms with Crippen LogP contribution in [0.4, 0.5) is 0 Å². The topological polar surface area (TPSA) is 43.3 Å². The Morgan fingerprint density at radius 1 is 1.54 bits per heavy atom. The highest BCUT2D eigenvalue weighted by Gasteiger charge is 2.03.